The molecule has 1 unspecified atom stereocenters. The third kappa shape index (κ3) is 4.73. The van der Waals surface area contributed by atoms with Gasteiger partial charge in [-0.25, -0.2) is 9.98 Å². The van der Waals surface area contributed by atoms with Crippen molar-refractivity contribution in [3.8, 4) is 28.7 Å². The molecule has 53 heavy (non-hydrogen) atoms. The fourth-order valence-electron chi connectivity index (χ4n) is 7.87. The lowest BCUT2D eigenvalue weighted by Gasteiger charge is -2.27. The van der Waals surface area contributed by atoms with Crippen molar-refractivity contribution in [3.05, 3.63) is 187 Å². The zero-order valence-electron chi connectivity index (χ0n) is 28.4. The van der Waals surface area contributed by atoms with Crippen molar-refractivity contribution >= 4 is 55.0 Å². The van der Waals surface area contributed by atoms with E-state index in [0.29, 0.717) is 28.8 Å². The van der Waals surface area contributed by atoms with E-state index in [2.05, 4.69) is 137 Å². The van der Waals surface area contributed by atoms with Crippen molar-refractivity contribution < 1.29 is 9.47 Å². The highest BCUT2D eigenvalue weighted by atomic mass is 16.6. The third-order valence-corrected chi connectivity index (χ3v) is 10.3. The molecule has 6 nitrogen and oxygen atoms in total. The summed E-state index contributed by atoms with van der Waals surface area (Å²) in [5.74, 6) is 3.76. The molecule has 6 heteroatoms. The summed E-state index contributed by atoms with van der Waals surface area (Å²) in [6, 6.07) is 58.6. The van der Waals surface area contributed by atoms with Gasteiger partial charge in [-0.15, -0.1) is 0 Å². The molecule has 2 aliphatic rings. The number of amidine groups is 2. The van der Waals surface area contributed by atoms with Gasteiger partial charge in [0.15, 0.2) is 28.8 Å². The minimum Gasteiger partial charge on any atom is -0.449 e. The van der Waals surface area contributed by atoms with Gasteiger partial charge < -0.3 is 19.4 Å². The molecule has 0 fully saturated rings. The first-order chi connectivity index (χ1) is 26.3. The number of aromatic nitrogens is 1. The fourth-order valence-corrected chi connectivity index (χ4v) is 7.87. The number of nitrogens with zero attached hydrogens (tertiary/aromatic N) is 3. The van der Waals surface area contributed by atoms with E-state index in [1.54, 1.807) is 0 Å². The van der Waals surface area contributed by atoms with Crippen molar-refractivity contribution in [3.63, 3.8) is 0 Å². The van der Waals surface area contributed by atoms with Crippen molar-refractivity contribution in [2.24, 2.45) is 9.98 Å². The Morgan fingerprint density at radius 1 is 0.491 bits per heavy atom. The highest BCUT2D eigenvalue weighted by molar-refractivity contribution is 6.22. The van der Waals surface area contributed by atoms with Crippen LogP contribution < -0.4 is 14.8 Å². The molecule has 11 rings (SSSR count). The maximum Gasteiger partial charge on any atom is 0.181 e. The van der Waals surface area contributed by atoms with Gasteiger partial charge in [-0.1, -0.05) is 127 Å². The molecule has 0 aliphatic carbocycles. The van der Waals surface area contributed by atoms with Crippen LogP contribution in [-0.4, -0.2) is 16.2 Å². The lowest BCUT2D eigenvalue weighted by molar-refractivity contribution is 0.359. The standard InChI is InChI=1S/C47H30N4O2/c1-2-14-29(15-3-1)45-48-46(37-26-30-16-4-5-17-32(30)33-18-6-7-19-34(33)37)50-47(49-45)38-27-31(28-43-44(38)53-42-25-13-12-24-41(42)52-43)51-39-22-10-8-20-35(39)36-21-9-11-23-40(36)51/h1-28,45H,(H,48,49,50). The molecule has 2 aliphatic heterocycles. The molecule has 0 amide bonds. The number of hydrogen-bond donors (Lipinski definition) is 1. The van der Waals surface area contributed by atoms with Gasteiger partial charge in [-0.05, 0) is 63.5 Å². The van der Waals surface area contributed by atoms with Crippen LogP contribution in [-0.2, 0) is 0 Å². The highest BCUT2D eigenvalue weighted by Gasteiger charge is 2.30. The van der Waals surface area contributed by atoms with E-state index in [4.69, 9.17) is 19.5 Å². The van der Waals surface area contributed by atoms with E-state index in [1.165, 1.54) is 21.5 Å². The van der Waals surface area contributed by atoms with Gasteiger partial charge in [-0.2, -0.15) is 0 Å². The Labute approximate surface area is 304 Å². The van der Waals surface area contributed by atoms with E-state index in [0.717, 1.165) is 50.0 Å². The number of fused-ring (bicyclic) bond motifs is 8. The normalized spacial score (nSPS) is 14.9. The summed E-state index contributed by atoms with van der Waals surface area (Å²) in [5.41, 5.74) is 5.87. The molecule has 0 saturated heterocycles. The van der Waals surface area contributed by atoms with E-state index in [-0.39, 0.29) is 0 Å². The van der Waals surface area contributed by atoms with Crippen LogP contribution in [0.25, 0.3) is 49.0 Å². The Kier molecular flexibility index (Phi) is 6.51. The van der Waals surface area contributed by atoms with Gasteiger partial charge in [0.1, 0.15) is 12.0 Å². The van der Waals surface area contributed by atoms with Crippen molar-refractivity contribution in [2.75, 3.05) is 0 Å². The van der Waals surface area contributed by atoms with Crippen molar-refractivity contribution in [1.82, 2.24) is 9.88 Å². The number of benzene rings is 8. The van der Waals surface area contributed by atoms with Crippen LogP contribution in [0.1, 0.15) is 22.9 Å². The molecular formula is C47H30N4O2. The molecule has 9 aromatic rings. The molecule has 1 aromatic heterocycles. The number of para-hydroxylation sites is 4. The number of ether oxygens (including phenoxy) is 2. The van der Waals surface area contributed by atoms with E-state index < -0.39 is 6.17 Å². The molecule has 0 radical (unpaired) electrons. The second-order valence-corrected chi connectivity index (χ2v) is 13.4. The molecule has 0 spiro atoms. The van der Waals surface area contributed by atoms with E-state index >= 15 is 0 Å². The summed E-state index contributed by atoms with van der Waals surface area (Å²) in [6.07, 6.45) is -0.409. The molecule has 1 N–H and O–H groups in total. The van der Waals surface area contributed by atoms with Crippen LogP contribution in [0.2, 0.25) is 0 Å². The van der Waals surface area contributed by atoms with Crippen LogP contribution in [0.3, 0.4) is 0 Å². The molecule has 250 valence electrons. The second kappa shape index (κ2) is 11.7. The summed E-state index contributed by atoms with van der Waals surface area (Å²) in [6.45, 7) is 0. The molecule has 0 bridgehead atoms. The van der Waals surface area contributed by atoms with E-state index in [1.807, 2.05) is 42.5 Å². The number of hydrogen-bond acceptors (Lipinski definition) is 5. The van der Waals surface area contributed by atoms with E-state index in [9.17, 15) is 0 Å². The molecule has 0 saturated carbocycles. The first-order valence-electron chi connectivity index (χ1n) is 17.8. The monoisotopic (exact) mass is 682 g/mol. The SMILES string of the molecule is c1ccc(C2N=C(c3cc(-n4c5ccccc5c5ccccc54)cc4c3Oc3ccccc3O4)N=C(c3cc4ccccc4c4ccccc34)N2)cc1. The zero-order chi connectivity index (χ0) is 34.9. The Hall–Kier alpha value is -7.18. The first kappa shape index (κ1) is 29.5. The van der Waals surface area contributed by atoms with Gasteiger partial charge in [0.05, 0.1) is 22.3 Å². The predicted octanol–water partition coefficient (Wildman–Crippen LogP) is 11.5. The third-order valence-electron chi connectivity index (χ3n) is 10.3. The maximum atomic E-state index is 6.71. The zero-order valence-corrected chi connectivity index (χ0v) is 28.4. The summed E-state index contributed by atoms with van der Waals surface area (Å²) in [4.78, 5) is 10.7. The average Bonchev–Trinajstić information content (AvgIpc) is 3.57. The average molecular weight is 683 g/mol. The van der Waals surface area contributed by atoms with Crippen molar-refractivity contribution in [1.29, 1.82) is 0 Å². The molecule has 1 atom stereocenters. The lowest BCUT2D eigenvalue weighted by Crippen LogP contribution is -2.34. The van der Waals surface area contributed by atoms with Gasteiger partial charge in [0, 0.05) is 22.4 Å². The minimum absolute atomic E-state index is 0.409. The Morgan fingerprint density at radius 2 is 1.09 bits per heavy atom. The molecule has 3 heterocycles. The van der Waals surface area contributed by atoms with Crippen LogP contribution in [0.15, 0.2) is 180 Å². The highest BCUT2D eigenvalue weighted by Crippen LogP contribution is 2.49. The Morgan fingerprint density at radius 3 is 1.85 bits per heavy atom. The number of nitrogens with one attached hydrogen (secondary N) is 1. The number of rotatable bonds is 4. The van der Waals surface area contributed by atoms with Crippen molar-refractivity contribution in [2.45, 2.75) is 6.17 Å². The lowest BCUT2D eigenvalue weighted by atomic mass is 9.96. The van der Waals surface area contributed by atoms with Crippen LogP contribution in [0.4, 0.5) is 0 Å². The first-order valence-corrected chi connectivity index (χ1v) is 17.8. The summed E-state index contributed by atoms with van der Waals surface area (Å²) >= 11 is 0. The topological polar surface area (TPSA) is 60.1 Å². The smallest absolute Gasteiger partial charge is 0.181 e. The molecular weight excluding hydrogens is 653 g/mol. The fraction of sp³-hybridized carbons (Fsp3) is 0.0213. The summed E-state index contributed by atoms with van der Waals surface area (Å²) in [7, 11) is 0. The van der Waals surface area contributed by atoms with Gasteiger partial charge in [0.2, 0.25) is 0 Å². The maximum absolute atomic E-state index is 6.71. The van der Waals surface area contributed by atoms with Gasteiger partial charge in [-0.3, -0.25) is 0 Å². The van der Waals surface area contributed by atoms with Gasteiger partial charge in [0.25, 0.3) is 0 Å². The van der Waals surface area contributed by atoms with Crippen LogP contribution >= 0.6 is 0 Å². The Bertz CT molecular complexity index is 2940. The molecule has 8 aromatic carbocycles. The van der Waals surface area contributed by atoms with Gasteiger partial charge >= 0.3 is 0 Å². The van der Waals surface area contributed by atoms with Crippen LogP contribution in [0, 0.1) is 0 Å². The second-order valence-electron chi connectivity index (χ2n) is 13.4. The quantitative estimate of drug-likeness (QED) is 0.188. The summed E-state index contributed by atoms with van der Waals surface area (Å²) in [5, 5.41) is 10.7. The Balaban J connectivity index is 1.19. The predicted molar refractivity (Wildman–Crippen MR) is 214 cm³/mol. The van der Waals surface area contributed by atoms with Crippen LogP contribution in [0.5, 0.6) is 23.0 Å². The number of aliphatic imine (C=N–C) groups is 2. The minimum atomic E-state index is -0.409. The summed E-state index contributed by atoms with van der Waals surface area (Å²) < 4.78 is 15.6. The largest absolute Gasteiger partial charge is 0.449 e.